The number of nitrogens with zero attached hydrogens (tertiary/aromatic N) is 1. The van der Waals surface area contributed by atoms with Crippen LogP contribution in [0, 0.1) is 0 Å². The van der Waals surface area contributed by atoms with Crippen molar-refractivity contribution in [3.05, 3.63) is 54.4 Å². The van der Waals surface area contributed by atoms with Gasteiger partial charge in [0, 0.05) is 35.6 Å². The molecule has 2 rings (SSSR count). The van der Waals surface area contributed by atoms with Crippen molar-refractivity contribution in [2.24, 2.45) is 0 Å². The first kappa shape index (κ1) is 15.2. The lowest BCUT2D eigenvalue weighted by Crippen LogP contribution is -2.18. The van der Waals surface area contributed by atoms with Gasteiger partial charge in [0.1, 0.15) is 0 Å². The number of benzene rings is 1. The van der Waals surface area contributed by atoms with Gasteiger partial charge in [0.15, 0.2) is 0 Å². The lowest BCUT2D eigenvalue weighted by Gasteiger charge is -2.11. The molecule has 0 aliphatic heterocycles. The van der Waals surface area contributed by atoms with Crippen LogP contribution in [0.4, 0.5) is 0 Å². The first-order chi connectivity index (χ1) is 9.79. The van der Waals surface area contributed by atoms with Gasteiger partial charge >= 0.3 is 0 Å². The van der Waals surface area contributed by atoms with Gasteiger partial charge in [-0.1, -0.05) is 25.1 Å². The summed E-state index contributed by atoms with van der Waals surface area (Å²) in [4.78, 5) is 1.35. The largest absolute Gasteiger partial charge is 0.353 e. The van der Waals surface area contributed by atoms with Gasteiger partial charge in [-0.15, -0.1) is 11.8 Å². The van der Waals surface area contributed by atoms with Crippen molar-refractivity contribution in [2.45, 2.75) is 37.8 Å². The van der Waals surface area contributed by atoms with E-state index in [9.17, 15) is 0 Å². The highest BCUT2D eigenvalue weighted by molar-refractivity contribution is 7.99. The molecule has 0 fully saturated rings. The van der Waals surface area contributed by atoms with E-state index in [1.54, 1.807) is 0 Å². The molecule has 3 heteroatoms. The molecule has 1 unspecified atom stereocenters. The Bertz CT molecular complexity index is 493. The third-order valence-electron chi connectivity index (χ3n) is 3.34. The van der Waals surface area contributed by atoms with E-state index in [0.29, 0.717) is 6.04 Å². The van der Waals surface area contributed by atoms with Crippen molar-refractivity contribution in [3.63, 3.8) is 0 Å². The second-order valence-corrected chi connectivity index (χ2v) is 6.19. The summed E-state index contributed by atoms with van der Waals surface area (Å²) in [7, 11) is 0. The minimum Gasteiger partial charge on any atom is -0.353 e. The Balaban J connectivity index is 1.78. The van der Waals surface area contributed by atoms with E-state index in [2.05, 4.69) is 72.5 Å². The van der Waals surface area contributed by atoms with E-state index in [1.165, 1.54) is 16.9 Å². The number of rotatable bonds is 8. The molecule has 2 nitrogen and oxygen atoms in total. The molecular formula is C17H24N2S. The lowest BCUT2D eigenvalue weighted by atomic mass is 10.2. The summed E-state index contributed by atoms with van der Waals surface area (Å²) in [5.41, 5.74) is 1.38. The van der Waals surface area contributed by atoms with Crippen LogP contribution in [-0.4, -0.2) is 16.9 Å². The number of hydrogen-bond donors (Lipinski definition) is 1. The molecule has 0 aliphatic carbocycles. The number of hydrogen-bond acceptors (Lipinski definition) is 2. The van der Waals surface area contributed by atoms with Gasteiger partial charge in [-0.3, -0.25) is 0 Å². The highest BCUT2D eigenvalue weighted by Crippen LogP contribution is 2.18. The SMILES string of the molecule is CCCNC(C)c1ccn(CCSc2ccccc2)c1. The fraction of sp³-hybridized carbons (Fsp3) is 0.412. The Kier molecular flexibility index (Phi) is 6.22. The summed E-state index contributed by atoms with van der Waals surface area (Å²) in [6.07, 6.45) is 5.63. The van der Waals surface area contributed by atoms with Crippen molar-refractivity contribution >= 4 is 11.8 Å². The molecule has 0 radical (unpaired) electrons. The second-order valence-electron chi connectivity index (χ2n) is 5.02. The van der Waals surface area contributed by atoms with Gasteiger partial charge < -0.3 is 9.88 Å². The van der Waals surface area contributed by atoms with Gasteiger partial charge in [-0.25, -0.2) is 0 Å². The molecule has 0 saturated carbocycles. The van der Waals surface area contributed by atoms with Crippen LogP contribution in [0.5, 0.6) is 0 Å². The molecule has 1 heterocycles. The molecule has 0 amide bonds. The Hall–Kier alpha value is -1.19. The van der Waals surface area contributed by atoms with E-state index in [4.69, 9.17) is 0 Å². The Morgan fingerprint density at radius 1 is 1.20 bits per heavy atom. The Labute approximate surface area is 126 Å². The van der Waals surface area contributed by atoms with Gasteiger partial charge in [0.2, 0.25) is 0 Å². The zero-order valence-corrected chi connectivity index (χ0v) is 13.2. The van der Waals surface area contributed by atoms with Crippen LogP contribution in [-0.2, 0) is 6.54 Å². The van der Waals surface area contributed by atoms with Crippen molar-refractivity contribution in [3.8, 4) is 0 Å². The molecule has 1 aromatic carbocycles. The predicted octanol–water partition coefficient (Wildman–Crippen LogP) is 4.34. The molecule has 0 saturated heterocycles. The average molecular weight is 288 g/mol. The molecule has 108 valence electrons. The first-order valence-electron chi connectivity index (χ1n) is 7.36. The summed E-state index contributed by atoms with van der Waals surface area (Å²) in [6, 6.07) is 13.3. The van der Waals surface area contributed by atoms with Gasteiger partial charge in [-0.2, -0.15) is 0 Å². The van der Waals surface area contributed by atoms with Crippen LogP contribution >= 0.6 is 11.8 Å². The molecule has 20 heavy (non-hydrogen) atoms. The topological polar surface area (TPSA) is 17.0 Å². The number of aromatic nitrogens is 1. The van der Waals surface area contributed by atoms with Crippen LogP contribution in [0.1, 0.15) is 31.9 Å². The summed E-state index contributed by atoms with van der Waals surface area (Å²) in [5, 5.41) is 3.53. The fourth-order valence-corrected chi connectivity index (χ4v) is 3.01. The average Bonchev–Trinajstić information content (AvgIpc) is 2.95. The molecule has 2 aromatic rings. The third kappa shape index (κ3) is 4.73. The summed E-state index contributed by atoms with van der Waals surface area (Å²) < 4.78 is 2.29. The molecule has 1 N–H and O–H groups in total. The Morgan fingerprint density at radius 2 is 2.00 bits per heavy atom. The van der Waals surface area contributed by atoms with E-state index in [0.717, 1.165) is 18.8 Å². The smallest absolute Gasteiger partial charge is 0.0314 e. The molecule has 0 spiro atoms. The zero-order valence-electron chi connectivity index (χ0n) is 12.4. The Morgan fingerprint density at radius 3 is 2.75 bits per heavy atom. The maximum atomic E-state index is 3.53. The molecular weight excluding hydrogens is 264 g/mol. The summed E-state index contributed by atoms with van der Waals surface area (Å²) in [6.45, 7) is 6.57. The van der Waals surface area contributed by atoms with Gasteiger partial charge in [-0.05, 0) is 43.7 Å². The predicted molar refractivity (Wildman–Crippen MR) is 88.3 cm³/mol. The van der Waals surface area contributed by atoms with E-state index >= 15 is 0 Å². The third-order valence-corrected chi connectivity index (χ3v) is 4.33. The fourth-order valence-electron chi connectivity index (χ4n) is 2.12. The zero-order chi connectivity index (χ0) is 14.2. The quantitative estimate of drug-likeness (QED) is 0.728. The number of thioether (sulfide) groups is 1. The van der Waals surface area contributed by atoms with E-state index < -0.39 is 0 Å². The number of nitrogens with one attached hydrogen (secondary N) is 1. The lowest BCUT2D eigenvalue weighted by molar-refractivity contribution is 0.569. The van der Waals surface area contributed by atoms with Crippen LogP contribution < -0.4 is 5.32 Å². The van der Waals surface area contributed by atoms with Crippen molar-refractivity contribution < 1.29 is 0 Å². The van der Waals surface area contributed by atoms with E-state index in [1.807, 2.05) is 11.8 Å². The van der Waals surface area contributed by atoms with Crippen LogP contribution in [0.3, 0.4) is 0 Å². The minimum absolute atomic E-state index is 0.443. The van der Waals surface area contributed by atoms with Crippen molar-refractivity contribution in [1.29, 1.82) is 0 Å². The highest BCUT2D eigenvalue weighted by Gasteiger charge is 2.05. The molecule has 1 aromatic heterocycles. The molecule has 1 atom stereocenters. The van der Waals surface area contributed by atoms with E-state index in [-0.39, 0.29) is 0 Å². The monoisotopic (exact) mass is 288 g/mol. The van der Waals surface area contributed by atoms with Crippen LogP contribution in [0.15, 0.2) is 53.7 Å². The second kappa shape index (κ2) is 8.18. The molecule has 0 bridgehead atoms. The highest BCUT2D eigenvalue weighted by atomic mass is 32.2. The maximum Gasteiger partial charge on any atom is 0.0314 e. The maximum absolute atomic E-state index is 3.53. The molecule has 0 aliphatic rings. The standard InChI is InChI=1S/C17H24N2S/c1-3-10-18-15(2)16-9-11-19(14-16)12-13-20-17-7-5-4-6-8-17/h4-9,11,14-15,18H,3,10,12-13H2,1-2H3. The summed E-state index contributed by atoms with van der Waals surface area (Å²) >= 11 is 1.91. The van der Waals surface area contributed by atoms with Crippen LogP contribution in [0.25, 0.3) is 0 Å². The van der Waals surface area contributed by atoms with Gasteiger partial charge in [0.25, 0.3) is 0 Å². The number of aryl methyl sites for hydroxylation is 1. The van der Waals surface area contributed by atoms with Gasteiger partial charge in [0.05, 0.1) is 0 Å². The normalized spacial score (nSPS) is 12.5. The summed E-state index contributed by atoms with van der Waals surface area (Å²) in [5.74, 6) is 1.11. The minimum atomic E-state index is 0.443. The first-order valence-corrected chi connectivity index (χ1v) is 8.35. The van der Waals surface area contributed by atoms with Crippen molar-refractivity contribution in [1.82, 2.24) is 9.88 Å². The van der Waals surface area contributed by atoms with Crippen molar-refractivity contribution in [2.75, 3.05) is 12.3 Å². The van der Waals surface area contributed by atoms with Crippen LogP contribution in [0.2, 0.25) is 0 Å².